The quantitative estimate of drug-likeness (QED) is 0.357. The van der Waals surface area contributed by atoms with Gasteiger partial charge in [-0.05, 0) is 29.9 Å². The van der Waals surface area contributed by atoms with Crippen LogP contribution >= 0.6 is 22.7 Å². The molecule has 8 heteroatoms. The van der Waals surface area contributed by atoms with Gasteiger partial charge in [-0.2, -0.15) is 0 Å². The third kappa shape index (κ3) is 3.28. The van der Waals surface area contributed by atoms with E-state index in [4.69, 9.17) is 14.4 Å². The normalized spacial score (nSPS) is 13.7. The van der Waals surface area contributed by atoms with Crippen LogP contribution in [0.3, 0.4) is 0 Å². The standard InChI is InChI=1S/C22H17N5OS2/c1-2-5-13(6-3-1)15-12-30-22-18(15)20(24-19(25-22)16-7-4-10-29-16)23-11-17-26-27-21(28-17)14-8-9-14/h1-7,10,12,14H,8-9,11H2,(H,23,24,25). The Morgan fingerprint density at radius 2 is 1.90 bits per heavy atom. The maximum Gasteiger partial charge on any atom is 0.235 e. The number of thiophene rings is 2. The summed E-state index contributed by atoms with van der Waals surface area (Å²) in [6.07, 6.45) is 2.28. The molecular weight excluding hydrogens is 414 g/mol. The smallest absolute Gasteiger partial charge is 0.235 e. The Balaban J connectivity index is 1.42. The lowest BCUT2D eigenvalue weighted by Gasteiger charge is -2.09. The molecule has 4 aromatic heterocycles. The average Bonchev–Trinajstić information content (AvgIpc) is 3.19. The molecule has 1 aliphatic rings. The van der Waals surface area contributed by atoms with Gasteiger partial charge in [0.2, 0.25) is 11.8 Å². The first-order chi connectivity index (χ1) is 14.8. The molecule has 6 rings (SSSR count). The Hall–Kier alpha value is -3.10. The summed E-state index contributed by atoms with van der Waals surface area (Å²) in [5, 5.41) is 17.0. The number of anilines is 1. The molecule has 1 aliphatic carbocycles. The summed E-state index contributed by atoms with van der Waals surface area (Å²) in [6.45, 7) is 0.430. The average molecular weight is 432 g/mol. The van der Waals surface area contributed by atoms with Gasteiger partial charge in [-0.3, -0.25) is 0 Å². The second-order valence-corrected chi connectivity index (χ2v) is 9.04. The molecule has 1 aromatic carbocycles. The van der Waals surface area contributed by atoms with E-state index < -0.39 is 0 Å². The number of nitrogens with one attached hydrogen (secondary N) is 1. The summed E-state index contributed by atoms with van der Waals surface area (Å²) in [7, 11) is 0. The van der Waals surface area contributed by atoms with Crippen LogP contribution in [0.4, 0.5) is 5.82 Å². The zero-order chi connectivity index (χ0) is 19.9. The lowest BCUT2D eigenvalue weighted by Crippen LogP contribution is -2.04. The number of benzene rings is 1. The Kier molecular flexibility index (Phi) is 4.32. The molecule has 0 radical (unpaired) electrons. The minimum atomic E-state index is 0.430. The van der Waals surface area contributed by atoms with E-state index in [1.54, 1.807) is 22.7 Å². The van der Waals surface area contributed by atoms with E-state index in [2.05, 4.69) is 33.0 Å². The Labute approximate surface area is 180 Å². The van der Waals surface area contributed by atoms with E-state index in [1.807, 2.05) is 35.7 Å². The van der Waals surface area contributed by atoms with Crippen molar-refractivity contribution in [2.24, 2.45) is 0 Å². The van der Waals surface area contributed by atoms with E-state index in [9.17, 15) is 0 Å². The van der Waals surface area contributed by atoms with E-state index in [-0.39, 0.29) is 0 Å². The van der Waals surface area contributed by atoms with Gasteiger partial charge in [-0.25, -0.2) is 9.97 Å². The van der Waals surface area contributed by atoms with Crippen molar-refractivity contribution in [3.8, 4) is 21.8 Å². The number of rotatable bonds is 6. The number of nitrogens with zero attached hydrogens (tertiary/aromatic N) is 4. The molecule has 1 N–H and O–H groups in total. The molecule has 5 aromatic rings. The van der Waals surface area contributed by atoms with Crippen LogP contribution in [-0.4, -0.2) is 20.2 Å². The summed E-state index contributed by atoms with van der Waals surface area (Å²) in [6, 6.07) is 14.4. The van der Waals surface area contributed by atoms with Gasteiger partial charge < -0.3 is 9.73 Å². The van der Waals surface area contributed by atoms with E-state index >= 15 is 0 Å². The van der Waals surface area contributed by atoms with Crippen molar-refractivity contribution in [3.63, 3.8) is 0 Å². The molecule has 0 spiro atoms. The molecule has 0 bridgehead atoms. The molecule has 0 saturated heterocycles. The van der Waals surface area contributed by atoms with Crippen LogP contribution in [0, 0.1) is 0 Å². The van der Waals surface area contributed by atoms with Crippen molar-refractivity contribution in [2.75, 3.05) is 5.32 Å². The Morgan fingerprint density at radius 3 is 2.70 bits per heavy atom. The van der Waals surface area contributed by atoms with Crippen LogP contribution in [0.15, 0.2) is 57.6 Å². The van der Waals surface area contributed by atoms with Gasteiger partial charge in [0.15, 0.2) is 5.82 Å². The van der Waals surface area contributed by atoms with Crippen LogP contribution in [0.5, 0.6) is 0 Å². The first kappa shape index (κ1) is 17.7. The van der Waals surface area contributed by atoms with Gasteiger partial charge in [-0.15, -0.1) is 32.9 Å². The van der Waals surface area contributed by atoms with Crippen LogP contribution in [0.2, 0.25) is 0 Å². The minimum Gasteiger partial charge on any atom is -0.423 e. The Bertz CT molecular complexity index is 1310. The maximum atomic E-state index is 5.82. The highest BCUT2D eigenvalue weighted by molar-refractivity contribution is 7.17. The zero-order valence-electron chi connectivity index (χ0n) is 15.9. The fraction of sp³-hybridized carbons (Fsp3) is 0.182. The topological polar surface area (TPSA) is 76.7 Å². The SMILES string of the molecule is c1ccc(-c2csc3nc(-c4cccs4)nc(NCc4nnc(C5CC5)o4)c23)cc1. The van der Waals surface area contributed by atoms with Gasteiger partial charge in [0.1, 0.15) is 10.6 Å². The summed E-state index contributed by atoms with van der Waals surface area (Å²) < 4.78 is 5.82. The van der Waals surface area contributed by atoms with Crippen molar-refractivity contribution in [3.05, 3.63) is 65.0 Å². The second kappa shape index (κ2) is 7.30. The van der Waals surface area contributed by atoms with Crippen LogP contribution in [-0.2, 0) is 6.54 Å². The number of fused-ring (bicyclic) bond motifs is 1. The lowest BCUT2D eigenvalue weighted by molar-refractivity contribution is 0.457. The molecule has 1 saturated carbocycles. The van der Waals surface area contributed by atoms with Crippen LogP contribution < -0.4 is 5.32 Å². The van der Waals surface area contributed by atoms with Crippen LogP contribution in [0.25, 0.3) is 32.0 Å². The molecule has 0 unspecified atom stereocenters. The van der Waals surface area contributed by atoms with Crippen molar-refractivity contribution < 1.29 is 4.42 Å². The van der Waals surface area contributed by atoms with Crippen molar-refractivity contribution in [2.45, 2.75) is 25.3 Å². The lowest BCUT2D eigenvalue weighted by atomic mass is 10.1. The van der Waals surface area contributed by atoms with E-state index in [0.29, 0.717) is 18.4 Å². The van der Waals surface area contributed by atoms with Gasteiger partial charge in [0, 0.05) is 16.9 Å². The molecule has 6 nitrogen and oxygen atoms in total. The number of aromatic nitrogens is 4. The third-order valence-electron chi connectivity index (χ3n) is 5.08. The largest absolute Gasteiger partial charge is 0.423 e. The fourth-order valence-corrected chi connectivity index (χ4v) is 5.01. The number of hydrogen-bond donors (Lipinski definition) is 1. The summed E-state index contributed by atoms with van der Waals surface area (Å²) >= 11 is 3.27. The van der Waals surface area contributed by atoms with E-state index in [1.165, 1.54) is 0 Å². The van der Waals surface area contributed by atoms with E-state index in [0.717, 1.165) is 56.6 Å². The van der Waals surface area contributed by atoms with Crippen molar-refractivity contribution >= 4 is 38.7 Å². The summed E-state index contributed by atoms with van der Waals surface area (Å²) in [4.78, 5) is 11.7. The highest BCUT2D eigenvalue weighted by Crippen LogP contribution is 2.40. The predicted octanol–water partition coefficient (Wildman–Crippen LogP) is 5.96. The highest BCUT2D eigenvalue weighted by atomic mass is 32.1. The Morgan fingerprint density at radius 1 is 1.00 bits per heavy atom. The molecule has 1 fully saturated rings. The monoisotopic (exact) mass is 431 g/mol. The molecule has 4 heterocycles. The predicted molar refractivity (Wildman–Crippen MR) is 120 cm³/mol. The molecule has 0 amide bonds. The minimum absolute atomic E-state index is 0.430. The number of hydrogen-bond acceptors (Lipinski definition) is 8. The first-order valence-electron chi connectivity index (χ1n) is 9.80. The van der Waals surface area contributed by atoms with Crippen molar-refractivity contribution in [1.29, 1.82) is 0 Å². The molecule has 148 valence electrons. The van der Waals surface area contributed by atoms with Gasteiger partial charge in [-0.1, -0.05) is 36.4 Å². The van der Waals surface area contributed by atoms with Crippen molar-refractivity contribution in [1.82, 2.24) is 20.2 Å². The molecule has 30 heavy (non-hydrogen) atoms. The summed E-state index contributed by atoms with van der Waals surface area (Å²) in [5.41, 5.74) is 2.27. The molecular formula is C22H17N5OS2. The molecule has 0 atom stereocenters. The second-order valence-electron chi connectivity index (χ2n) is 7.23. The van der Waals surface area contributed by atoms with Crippen LogP contribution in [0.1, 0.15) is 30.5 Å². The summed E-state index contributed by atoms with van der Waals surface area (Å²) in [5.74, 6) is 3.29. The zero-order valence-corrected chi connectivity index (χ0v) is 17.5. The van der Waals surface area contributed by atoms with Gasteiger partial charge in [0.25, 0.3) is 0 Å². The third-order valence-corrected chi connectivity index (χ3v) is 6.81. The molecule has 0 aliphatic heterocycles. The van der Waals surface area contributed by atoms with Gasteiger partial charge in [0.05, 0.1) is 16.8 Å². The highest BCUT2D eigenvalue weighted by Gasteiger charge is 2.29. The maximum absolute atomic E-state index is 5.82. The first-order valence-corrected chi connectivity index (χ1v) is 11.6. The van der Waals surface area contributed by atoms with Gasteiger partial charge >= 0.3 is 0 Å². The fourth-order valence-electron chi connectivity index (χ4n) is 3.41.